The maximum atomic E-state index is 13.0. The fourth-order valence-electron chi connectivity index (χ4n) is 3.99. The Morgan fingerprint density at radius 3 is 2.71 bits per heavy atom. The monoisotopic (exact) mass is 497 g/mol. The van der Waals surface area contributed by atoms with Crippen LogP contribution in [-0.2, 0) is 32.6 Å². The average molecular weight is 498 g/mol. The Bertz CT molecular complexity index is 1460. The van der Waals surface area contributed by atoms with Crippen molar-refractivity contribution in [3.63, 3.8) is 0 Å². The van der Waals surface area contributed by atoms with Crippen molar-refractivity contribution in [2.75, 3.05) is 26.3 Å². The molecule has 0 amide bonds. The van der Waals surface area contributed by atoms with Gasteiger partial charge in [-0.25, -0.2) is 22.9 Å². The van der Waals surface area contributed by atoms with E-state index in [4.69, 9.17) is 9.47 Å². The molecular weight excluding hydrogens is 474 g/mol. The van der Waals surface area contributed by atoms with E-state index in [-0.39, 0.29) is 11.5 Å². The fourth-order valence-corrected chi connectivity index (χ4v) is 5.42. The second kappa shape index (κ2) is 9.52. The van der Waals surface area contributed by atoms with Crippen LogP contribution in [-0.4, -0.2) is 74.8 Å². The van der Waals surface area contributed by atoms with Crippen LogP contribution in [0.1, 0.15) is 23.1 Å². The fraction of sp³-hybridized carbons (Fsp3) is 0.318. The minimum absolute atomic E-state index is 0.0675. The molecule has 5 rings (SSSR count). The molecular formula is C22H23N7O5S. The lowest BCUT2D eigenvalue weighted by Gasteiger charge is -2.26. The van der Waals surface area contributed by atoms with Crippen molar-refractivity contribution in [1.29, 1.82) is 0 Å². The summed E-state index contributed by atoms with van der Waals surface area (Å²) in [4.78, 5) is 17.5. The van der Waals surface area contributed by atoms with Crippen molar-refractivity contribution in [2.45, 2.75) is 25.0 Å². The molecule has 13 heteroatoms. The molecule has 35 heavy (non-hydrogen) atoms. The Hall–Kier alpha value is -3.68. The topological polar surface area (TPSA) is 134 Å². The molecule has 4 aromatic rings. The molecule has 0 spiro atoms. The standard InChI is InChI=1S/C22H23N7O5S/c1-2-28-20-7-6-18(35(31,32)27-8-10-33-11-9-27)13-19(20)24-21(28)14-34-22(30)16-4-3-5-17(12-16)29-15-23-25-26-29/h3-7,12-13,15H,2,8-11,14H2,1H3. The van der Waals surface area contributed by atoms with Crippen molar-refractivity contribution in [1.82, 2.24) is 34.1 Å². The predicted octanol–water partition coefficient (Wildman–Crippen LogP) is 1.41. The molecule has 0 saturated carbocycles. The first-order valence-electron chi connectivity index (χ1n) is 11.0. The van der Waals surface area contributed by atoms with Gasteiger partial charge in [0.05, 0.1) is 40.4 Å². The van der Waals surface area contributed by atoms with Crippen LogP contribution in [0, 0.1) is 0 Å². The largest absolute Gasteiger partial charge is 0.454 e. The van der Waals surface area contributed by atoms with Crippen molar-refractivity contribution < 1.29 is 22.7 Å². The zero-order valence-corrected chi connectivity index (χ0v) is 19.8. The van der Waals surface area contributed by atoms with Gasteiger partial charge in [-0.15, -0.1) is 5.10 Å². The number of fused-ring (bicyclic) bond motifs is 1. The number of ether oxygens (including phenoxy) is 2. The number of tetrazole rings is 1. The molecule has 0 aliphatic carbocycles. The number of sulfonamides is 1. The van der Waals surface area contributed by atoms with Gasteiger partial charge in [0.15, 0.2) is 0 Å². The number of rotatable bonds is 7. The van der Waals surface area contributed by atoms with Gasteiger partial charge in [0, 0.05) is 19.6 Å². The maximum Gasteiger partial charge on any atom is 0.338 e. The zero-order valence-electron chi connectivity index (χ0n) is 18.9. The van der Waals surface area contributed by atoms with E-state index in [0.29, 0.717) is 55.4 Å². The van der Waals surface area contributed by atoms with Crippen molar-refractivity contribution in [2.24, 2.45) is 0 Å². The number of hydrogen-bond donors (Lipinski definition) is 0. The maximum absolute atomic E-state index is 13.0. The van der Waals surface area contributed by atoms with E-state index >= 15 is 0 Å². The van der Waals surface area contributed by atoms with Gasteiger partial charge in [-0.3, -0.25) is 0 Å². The van der Waals surface area contributed by atoms with Crippen molar-refractivity contribution in [3.05, 3.63) is 60.2 Å². The Balaban J connectivity index is 1.37. The molecule has 0 N–H and O–H groups in total. The van der Waals surface area contributed by atoms with Crippen molar-refractivity contribution in [3.8, 4) is 5.69 Å². The molecule has 0 radical (unpaired) electrons. The van der Waals surface area contributed by atoms with E-state index < -0.39 is 16.0 Å². The van der Waals surface area contributed by atoms with E-state index in [1.165, 1.54) is 15.3 Å². The zero-order chi connectivity index (χ0) is 24.4. The third-order valence-corrected chi connectivity index (χ3v) is 7.65. The first kappa shape index (κ1) is 23.1. The van der Waals surface area contributed by atoms with Crippen LogP contribution >= 0.6 is 0 Å². The Morgan fingerprint density at radius 2 is 1.97 bits per heavy atom. The normalized spacial score (nSPS) is 14.9. The molecule has 1 aliphatic rings. The van der Waals surface area contributed by atoms with Gasteiger partial charge in [-0.1, -0.05) is 6.07 Å². The number of hydrogen-bond acceptors (Lipinski definition) is 9. The van der Waals surface area contributed by atoms with Gasteiger partial charge < -0.3 is 14.0 Å². The second-order valence-corrected chi connectivity index (χ2v) is 9.76. The summed E-state index contributed by atoms with van der Waals surface area (Å²) in [5.41, 5.74) is 2.25. The Labute approximate surface area is 201 Å². The third kappa shape index (κ3) is 4.52. The molecule has 12 nitrogen and oxygen atoms in total. The quantitative estimate of drug-likeness (QED) is 0.347. The molecule has 2 aromatic heterocycles. The van der Waals surface area contributed by atoms with E-state index in [1.807, 2.05) is 11.5 Å². The summed E-state index contributed by atoms with van der Waals surface area (Å²) < 4.78 is 41.6. The summed E-state index contributed by atoms with van der Waals surface area (Å²) in [7, 11) is -3.65. The van der Waals surface area contributed by atoms with Gasteiger partial charge in [-0.2, -0.15) is 4.31 Å². The van der Waals surface area contributed by atoms with Gasteiger partial charge in [0.25, 0.3) is 0 Å². The van der Waals surface area contributed by atoms with Crippen LogP contribution in [0.2, 0.25) is 0 Å². The summed E-state index contributed by atoms with van der Waals surface area (Å²) in [6.07, 6.45) is 1.43. The molecule has 0 atom stereocenters. The SMILES string of the molecule is CCn1c(COC(=O)c2cccc(-n3cnnn3)c2)nc2cc(S(=O)(=O)N3CCOCC3)ccc21. The third-order valence-electron chi connectivity index (χ3n) is 5.75. The Kier molecular flexibility index (Phi) is 6.28. The van der Waals surface area contributed by atoms with Gasteiger partial charge in [0.2, 0.25) is 10.0 Å². The number of carbonyl (C=O) groups excluding carboxylic acids is 1. The molecule has 1 fully saturated rings. The molecule has 0 unspecified atom stereocenters. The van der Waals surface area contributed by atoms with Gasteiger partial charge in [-0.05, 0) is 53.7 Å². The number of aromatic nitrogens is 6. The number of aryl methyl sites for hydroxylation is 1. The van der Waals surface area contributed by atoms with E-state index in [2.05, 4.69) is 20.5 Å². The number of morpholine rings is 1. The van der Waals surface area contributed by atoms with Crippen LogP contribution in [0.25, 0.3) is 16.7 Å². The highest BCUT2D eigenvalue weighted by molar-refractivity contribution is 7.89. The van der Waals surface area contributed by atoms with Crippen LogP contribution in [0.5, 0.6) is 0 Å². The molecule has 1 saturated heterocycles. The van der Waals surface area contributed by atoms with Crippen LogP contribution in [0.15, 0.2) is 53.7 Å². The summed E-state index contributed by atoms with van der Waals surface area (Å²) in [5.74, 6) is -0.00128. The number of nitrogens with zero attached hydrogens (tertiary/aromatic N) is 7. The molecule has 2 aromatic carbocycles. The highest BCUT2D eigenvalue weighted by Crippen LogP contribution is 2.24. The lowest BCUT2D eigenvalue weighted by atomic mass is 10.2. The highest BCUT2D eigenvalue weighted by atomic mass is 32.2. The average Bonchev–Trinajstić information content (AvgIpc) is 3.55. The lowest BCUT2D eigenvalue weighted by Crippen LogP contribution is -2.40. The summed E-state index contributed by atoms with van der Waals surface area (Å²) in [5, 5.41) is 11.0. The Morgan fingerprint density at radius 1 is 1.14 bits per heavy atom. The second-order valence-electron chi connectivity index (χ2n) is 7.82. The minimum atomic E-state index is -3.65. The predicted molar refractivity (Wildman–Crippen MR) is 123 cm³/mol. The molecule has 182 valence electrons. The lowest BCUT2D eigenvalue weighted by molar-refractivity contribution is 0.0458. The van der Waals surface area contributed by atoms with E-state index in [9.17, 15) is 13.2 Å². The van der Waals surface area contributed by atoms with E-state index in [0.717, 1.165) is 5.52 Å². The summed E-state index contributed by atoms with van der Waals surface area (Å²) in [6.45, 7) is 3.84. The molecule has 0 bridgehead atoms. The highest BCUT2D eigenvalue weighted by Gasteiger charge is 2.27. The van der Waals surface area contributed by atoms with Crippen LogP contribution in [0.4, 0.5) is 0 Å². The van der Waals surface area contributed by atoms with Crippen molar-refractivity contribution >= 4 is 27.0 Å². The first-order valence-corrected chi connectivity index (χ1v) is 12.5. The van der Waals surface area contributed by atoms with Crippen LogP contribution < -0.4 is 0 Å². The summed E-state index contributed by atoms with van der Waals surface area (Å²) >= 11 is 0. The van der Waals surface area contributed by atoms with Gasteiger partial charge in [0.1, 0.15) is 18.8 Å². The smallest absolute Gasteiger partial charge is 0.338 e. The molecule has 1 aliphatic heterocycles. The van der Waals surface area contributed by atoms with Gasteiger partial charge >= 0.3 is 5.97 Å². The molecule has 3 heterocycles. The van der Waals surface area contributed by atoms with E-state index in [1.54, 1.807) is 42.5 Å². The van der Waals surface area contributed by atoms with Crippen LogP contribution in [0.3, 0.4) is 0 Å². The number of benzene rings is 2. The summed E-state index contributed by atoms with van der Waals surface area (Å²) in [6, 6.07) is 11.6. The first-order chi connectivity index (χ1) is 17.0. The number of imidazole rings is 1. The number of carbonyl (C=O) groups is 1. The number of esters is 1. The minimum Gasteiger partial charge on any atom is -0.454 e.